The van der Waals surface area contributed by atoms with E-state index >= 15 is 0 Å². The van der Waals surface area contributed by atoms with Gasteiger partial charge in [-0.25, -0.2) is 4.79 Å². The zero-order valence-corrected chi connectivity index (χ0v) is 16.7. The Morgan fingerprint density at radius 2 is 1.86 bits per heavy atom. The van der Waals surface area contributed by atoms with Gasteiger partial charge in [-0.3, -0.25) is 4.79 Å². The van der Waals surface area contributed by atoms with Crippen LogP contribution in [0, 0.1) is 6.92 Å². The standard InChI is InChI=1S/C23H27NO4/c1-4-27-23(26)18-12-8-13-20(15(18)2)24-22(25)16(3)28-21-14-7-10-17-9-5-6-11-19(17)21/h7-8,10,12-14,16H,4-6,9,11H2,1-3H3,(H,24,25). The summed E-state index contributed by atoms with van der Waals surface area (Å²) in [5, 5.41) is 2.88. The van der Waals surface area contributed by atoms with Gasteiger partial charge in [0.15, 0.2) is 6.10 Å². The quantitative estimate of drug-likeness (QED) is 0.751. The fraction of sp³-hybridized carbons (Fsp3) is 0.391. The van der Waals surface area contributed by atoms with Crippen molar-refractivity contribution in [3.05, 3.63) is 58.7 Å². The number of anilines is 1. The lowest BCUT2D eigenvalue weighted by Gasteiger charge is -2.22. The van der Waals surface area contributed by atoms with Crippen LogP contribution < -0.4 is 10.1 Å². The number of rotatable bonds is 6. The van der Waals surface area contributed by atoms with E-state index in [-0.39, 0.29) is 5.91 Å². The largest absolute Gasteiger partial charge is 0.481 e. The van der Waals surface area contributed by atoms with Crippen LogP contribution >= 0.6 is 0 Å². The van der Waals surface area contributed by atoms with Crippen molar-refractivity contribution in [1.82, 2.24) is 0 Å². The summed E-state index contributed by atoms with van der Waals surface area (Å²) in [6.45, 7) is 5.60. The van der Waals surface area contributed by atoms with Gasteiger partial charge in [0.1, 0.15) is 5.75 Å². The minimum Gasteiger partial charge on any atom is -0.481 e. The number of carbonyl (C=O) groups is 2. The minimum atomic E-state index is -0.654. The fourth-order valence-corrected chi connectivity index (χ4v) is 3.54. The molecule has 5 heteroatoms. The summed E-state index contributed by atoms with van der Waals surface area (Å²) in [6, 6.07) is 11.2. The van der Waals surface area contributed by atoms with Crippen LogP contribution in [0.3, 0.4) is 0 Å². The van der Waals surface area contributed by atoms with E-state index in [4.69, 9.17) is 9.47 Å². The van der Waals surface area contributed by atoms with Gasteiger partial charge in [-0.1, -0.05) is 18.2 Å². The molecule has 0 spiro atoms. The summed E-state index contributed by atoms with van der Waals surface area (Å²) >= 11 is 0. The molecule has 1 aliphatic carbocycles. The SMILES string of the molecule is CCOC(=O)c1cccc(NC(=O)C(C)Oc2cccc3c2CCCC3)c1C. The Kier molecular flexibility index (Phi) is 6.34. The third-order valence-electron chi connectivity index (χ3n) is 5.11. The minimum absolute atomic E-state index is 0.252. The molecule has 1 unspecified atom stereocenters. The second kappa shape index (κ2) is 8.91. The van der Waals surface area contributed by atoms with Crippen molar-refractivity contribution in [1.29, 1.82) is 0 Å². The number of aryl methyl sites for hydroxylation is 1. The summed E-state index contributed by atoms with van der Waals surface area (Å²) in [5.41, 5.74) is 4.24. The number of amides is 1. The lowest BCUT2D eigenvalue weighted by Crippen LogP contribution is -2.31. The molecule has 28 heavy (non-hydrogen) atoms. The number of carbonyl (C=O) groups excluding carboxylic acids is 2. The second-order valence-corrected chi connectivity index (χ2v) is 7.05. The lowest BCUT2D eigenvalue weighted by atomic mass is 9.91. The van der Waals surface area contributed by atoms with E-state index in [0.29, 0.717) is 23.4 Å². The van der Waals surface area contributed by atoms with Crippen LogP contribution in [0.15, 0.2) is 36.4 Å². The first-order valence-corrected chi connectivity index (χ1v) is 9.86. The van der Waals surface area contributed by atoms with E-state index in [0.717, 1.165) is 25.0 Å². The van der Waals surface area contributed by atoms with Crippen LogP contribution in [-0.4, -0.2) is 24.6 Å². The van der Waals surface area contributed by atoms with E-state index in [1.165, 1.54) is 17.5 Å². The van der Waals surface area contributed by atoms with E-state index in [2.05, 4.69) is 11.4 Å². The van der Waals surface area contributed by atoms with Crippen molar-refractivity contribution in [2.45, 2.75) is 52.6 Å². The van der Waals surface area contributed by atoms with Gasteiger partial charge in [0.2, 0.25) is 0 Å². The molecule has 2 aromatic carbocycles. The van der Waals surface area contributed by atoms with Crippen LogP contribution in [-0.2, 0) is 22.4 Å². The summed E-state index contributed by atoms with van der Waals surface area (Å²) < 4.78 is 11.1. The van der Waals surface area contributed by atoms with Crippen LogP contribution in [0.1, 0.15) is 53.7 Å². The second-order valence-electron chi connectivity index (χ2n) is 7.05. The summed E-state index contributed by atoms with van der Waals surface area (Å²) in [6.07, 6.45) is 3.74. The molecule has 0 heterocycles. The molecule has 0 aliphatic heterocycles. The van der Waals surface area contributed by atoms with Gasteiger partial charge in [-0.05, 0) is 81.3 Å². The zero-order valence-electron chi connectivity index (χ0n) is 16.7. The van der Waals surface area contributed by atoms with Gasteiger partial charge in [0.25, 0.3) is 5.91 Å². The van der Waals surface area contributed by atoms with Crippen molar-refractivity contribution in [2.24, 2.45) is 0 Å². The first kappa shape index (κ1) is 19.9. The first-order chi connectivity index (χ1) is 13.5. The zero-order chi connectivity index (χ0) is 20.1. The van der Waals surface area contributed by atoms with Crippen molar-refractivity contribution in [2.75, 3.05) is 11.9 Å². The Balaban J connectivity index is 1.72. The van der Waals surface area contributed by atoms with Crippen molar-refractivity contribution >= 4 is 17.6 Å². The highest BCUT2D eigenvalue weighted by atomic mass is 16.5. The third kappa shape index (κ3) is 4.35. The number of esters is 1. The molecule has 148 valence electrons. The molecule has 0 aromatic heterocycles. The number of benzene rings is 2. The molecule has 2 aromatic rings. The van der Waals surface area contributed by atoms with Gasteiger partial charge in [0, 0.05) is 5.69 Å². The normalized spacial score (nSPS) is 14.0. The Labute approximate surface area is 166 Å². The Morgan fingerprint density at radius 1 is 1.11 bits per heavy atom. The molecule has 1 amide bonds. The smallest absolute Gasteiger partial charge is 0.338 e. The maximum absolute atomic E-state index is 12.7. The molecule has 0 fully saturated rings. The van der Waals surface area contributed by atoms with E-state index in [1.54, 1.807) is 39.0 Å². The lowest BCUT2D eigenvalue weighted by molar-refractivity contribution is -0.122. The monoisotopic (exact) mass is 381 g/mol. The van der Waals surface area contributed by atoms with Crippen LogP contribution in [0.4, 0.5) is 5.69 Å². The van der Waals surface area contributed by atoms with Crippen LogP contribution in [0.5, 0.6) is 5.75 Å². The molecule has 0 saturated carbocycles. The Morgan fingerprint density at radius 3 is 2.64 bits per heavy atom. The van der Waals surface area contributed by atoms with E-state index in [1.807, 2.05) is 12.1 Å². The molecule has 1 atom stereocenters. The van der Waals surface area contributed by atoms with E-state index in [9.17, 15) is 9.59 Å². The number of hydrogen-bond donors (Lipinski definition) is 1. The van der Waals surface area contributed by atoms with Gasteiger partial charge in [0.05, 0.1) is 12.2 Å². The molecule has 0 bridgehead atoms. The number of nitrogens with one attached hydrogen (secondary N) is 1. The third-order valence-corrected chi connectivity index (χ3v) is 5.11. The molecule has 1 N–H and O–H groups in total. The molecule has 3 rings (SSSR count). The summed E-state index contributed by atoms with van der Waals surface area (Å²) in [5.74, 6) is 0.144. The van der Waals surface area contributed by atoms with Gasteiger partial charge < -0.3 is 14.8 Å². The summed E-state index contributed by atoms with van der Waals surface area (Å²) in [7, 11) is 0. The molecule has 5 nitrogen and oxygen atoms in total. The highest BCUT2D eigenvalue weighted by Gasteiger charge is 2.21. The fourth-order valence-electron chi connectivity index (χ4n) is 3.54. The Bertz CT molecular complexity index is 875. The predicted molar refractivity (Wildman–Crippen MR) is 109 cm³/mol. The molecular weight excluding hydrogens is 354 g/mol. The average molecular weight is 381 g/mol. The van der Waals surface area contributed by atoms with E-state index < -0.39 is 12.1 Å². The maximum Gasteiger partial charge on any atom is 0.338 e. The van der Waals surface area contributed by atoms with Crippen LogP contribution in [0.2, 0.25) is 0 Å². The highest BCUT2D eigenvalue weighted by molar-refractivity contribution is 5.98. The van der Waals surface area contributed by atoms with Gasteiger partial charge >= 0.3 is 5.97 Å². The Hall–Kier alpha value is -2.82. The molecular formula is C23H27NO4. The van der Waals surface area contributed by atoms with Crippen LogP contribution in [0.25, 0.3) is 0 Å². The molecule has 0 radical (unpaired) electrons. The molecule has 1 aliphatic rings. The first-order valence-electron chi connectivity index (χ1n) is 9.86. The average Bonchev–Trinajstić information content (AvgIpc) is 2.70. The maximum atomic E-state index is 12.7. The van der Waals surface area contributed by atoms with Gasteiger partial charge in [-0.2, -0.15) is 0 Å². The molecule has 0 saturated heterocycles. The predicted octanol–water partition coefficient (Wildman–Crippen LogP) is 4.46. The van der Waals surface area contributed by atoms with Crippen molar-refractivity contribution < 1.29 is 19.1 Å². The highest BCUT2D eigenvalue weighted by Crippen LogP contribution is 2.30. The van der Waals surface area contributed by atoms with Crippen molar-refractivity contribution in [3.63, 3.8) is 0 Å². The van der Waals surface area contributed by atoms with Crippen molar-refractivity contribution in [3.8, 4) is 5.75 Å². The topological polar surface area (TPSA) is 64.6 Å². The number of fused-ring (bicyclic) bond motifs is 1. The number of hydrogen-bond acceptors (Lipinski definition) is 4. The van der Waals surface area contributed by atoms with Gasteiger partial charge in [-0.15, -0.1) is 0 Å². The number of ether oxygens (including phenoxy) is 2. The summed E-state index contributed by atoms with van der Waals surface area (Å²) in [4.78, 5) is 24.7.